The Labute approximate surface area is 144 Å². The highest BCUT2D eigenvalue weighted by atomic mass is 31.0. The fourth-order valence-electron chi connectivity index (χ4n) is 2.35. The van der Waals surface area contributed by atoms with Crippen LogP contribution in [0.1, 0.15) is 11.1 Å². The molecule has 0 bridgehead atoms. The first-order valence-electron chi connectivity index (χ1n) is 7.69. The normalized spacial score (nSPS) is 13.1. The van der Waals surface area contributed by atoms with Gasteiger partial charge in [-0.15, -0.1) is 9.24 Å². The Morgan fingerprint density at radius 1 is 0.958 bits per heavy atom. The van der Waals surface area contributed by atoms with Gasteiger partial charge >= 0.3 is 0 Å². The molecule has 0 fully saturated rings. The maximum Gasteiger partial charge on any atom is 0.240 e. The van der Waals surface area contributed by atoms with Gasteiger partial charge in [0.05, 0.1) is 6.04 Å². The van der Waals surface area contributed by atoms with Crippen LogP contribution in [0.25, 0.3) is 0 Å². The lowest BCUT2D eigenvalue weighted by atomic mass is 10.0. The van der Waals surface area contributed by atoms with E-state index in [4.69, 9.17) is 11.5 Å². The first kappa shape index (κ1) is 18.1. The number of rotatable bonds is 7. The van der Waals surface area contributed by atoms with E-state index in [2.05, 4.69) is 14.6 Å². The Kier molecular flexibility index (Phi) is 6.47. The summed E-state index contributed by atoms with van der Waals surface area (Å²) in [5.74, 6) is -0.962. The van der Waals surface area contributed by atoms with Gasteiger partial charge in [0.1, 0.15) is 6.04 Å². The highest BCUT2D eigenvalue weighted by Gasteiger charge is 2.22. The molecule has 0 saturated carbocycles. The molecule has 2 aromatic carbocycles. The van der Waals surface area contributed by atoms with Gasteiger partial charge in [0.25, 0.3) is 0 Å². The minimum absolute atomic E-state index is 0.344. The maximum absolute atomic E-state index is 12.3. The summed E-state index contributed by atoms with van der Waals surface area (Å²) < 4.78 is 0. The lowest BCUT2D eigenvalue weighted by molar-refractivity contribution is -0.128. The van der Waals surface area contributed by atoms with E-state index in [-0.39, 0.29) is 5.91 Å². The van der Waals surface area contributed by atoms with Gasteiger partial charge < -0.3 is 16.8 Å². The van der Waals surface area contributed by atoms with E-state index in [9.17, 15) is 9.59 Å². The Hall–Kier alpha value is -2.23. The zero-order chi connectivity index (χ0) is 17.5. The van der Waals surface area contributed by atoms with Crippen LogP contribution >= 0.6 is 9.24 Å². The topological polar surface area (TPSA) is 98.2 Å². The van der Waals surface area contributed by atoms with Crippen molar-refractivity contribution < 1.29 is 9.59 Å². The van der Waals surface area contributed by atoms with Crippen molar-refractivity contribution in [1.82, 2.24) is 5.32 Å². The van der Waals surface area contributed by atoms with E-state index in [0.717, 1.165) is 16.4 Å². The highest BCUT2D eigenvalue weighted by Crippen LogP contribution is 2.05. The number of primary amides is 1. The molecule has 2 rings (SSSR count). The second-order valence-electron chi connectivity index (χ2n) is 5.71. The summed E-state index contributed by atoms with van der Waals surface area (Å²) in [6.07, 6.45) is 0.740. The molecule has 24 heavy (non-hydrogen) atoms. The zero-order valence-electron chi connectivity index (χ0n) is 13.3. The molecule has 5 nitrogen and oxygen atoms in total. The number of hydrogen-bond donors (Lipinski definition) is 3. The number of nitrogens with two attached hydrogens (primary N) is 2. The minimum atomic E-state index is -0.777. The van der Waals surface area contributed by atoms with Crippen molar-refractivity contribution in [1.29, 1.82) is 0 Å². The van der Waals surface area contributed by atoms with Gasteiger partial charge in [-0.2, -0.15) is 0 Å². The number of amides is 2. The molecule has 0 heterocycles. The van der Waals surface area contributed by atoms with Crippen LogP contribution in [0.4, 0.5) is 0 Å². The Morgan fingerprint density at radius 2 is 1.54 bits per heavy atom. The van der Waals surface area contributed by atoms with Crippen LogP contribution in [-0.2, 0) is 22.4 Å². The second kappa shape index (κ2) is 8.57. The highest BCUT2D eigenvalue weighted by molar-refractivity contribution is 7.27. The number of nitrogens with one attached hydrogen (secondary N) is 1. The van der Waals surface area contributed by atoms with E-state index >= 15 is 0 Å². The van der Waals surface area contributed by atoms with Crippen LogP contribution in [0.5, 0.6) is 0 Å². The molecule has 0 aliphatic heterocycles. The molecular formula is C18H22N3O2P. The molecule has 0 radical (unpaired) electrons. The Morgan fingerprint density at radius 3 is 2.12 bits per heavy atom. The van der Waals surface area contributed by atoms with Crippen molar-refractivity contribution in [2.75, 3.05) is 0 Å². The van der Waals surface area contributed by atoms with E-state index in [1.54, 1.807) is 0 Å². The molecule has 0 saturated heterocycles. The summed E-state index contributed by atoms with van der Waals surface area (Å²) in [6.45, 7) is 0. The fraction of sp³-hybridized carbons (Fsp3) is 0.222. The van der Waals surface area contributed by atoms with Crippen LogP contribution < -0.4 is 22.1 Å². The molecule has 0 spiro atoms. The lowest BCUT2D eigenvalue weighted by Crippen LogP contribution is -2.51. The molecule has 0 aliphatic carbocycles. The Balaban J connectivity index is 1.96. The van der Waals surface area contributed by atoms with Gasteiger partial charge in [0, 0.05) is 6.42 Å². The third-order valence-corrected chi connectivity index (χ3v) is 4.10. The number of benzene rings is 2. The molecule has 2 unspecified atom stereocenters. The average molecular weight is 343 g/mol. The first-order chi connectivity index (χ1) is 11.5. The van der Waals surface area contributed by atoms with Crippen molar-refractivity contribution in [3.8, 4) is 0 Å². The molecule has 0 aromatic heterocycles. The summed E-state index contributed by atoms with van der Waals surface area (Å²) in [5.41, 5.74) is 13.2. The van der Waals surface area contributed by atoms with E-state index in [1.807, 2.05) is 54.6 Å². The van der Waals surface area contributed by atoms with Gasteiger partial charge in [-0.25, -0.2) is 0 Å². The van der Waals surface area contributed by atoms with Crippen molar-refractivity contribution in [2.45, 2.75) is 24.9 Å². The van der Waals surface area contributed by atoms with E-state index < -0.39 is 18.0 Å². The summed E-state index contributed by atoms with van der Waals surface area (Å²) in [6, 6.07) is 15.6. The van der Waals surface area contributed by atoms with Crippen LogP contribution in [0.2, 0.25) is 0 Å². The standard InChI is InChI=1S/C18H22N3O2P/c19-15(10-13-6-8-14(24)9-7-13)18(23)21-16(17(20)22)11-12-4-2-1-3-5-12/h1-9,15-16H,10-11,19,24H2,(H2,20,22)(H,21,23)/t15?,16-/m0/s1. The monoisotopic (exact) mass is 343 g/mol. The summed E-state index contributed by atoms with van der Waals surface area (Å²) in [5, 5.41) is 3.72. The molecule has 2 aromatic rings. The van der Waals surface area contributed by atoms with Crippen LogP contribution in [0.3, 0.4) is 0 Å². The predicted molar refractivity (Wildman–Crippen MR) is 98.7 cm³/mol. The van der Waals surface area contributed by atoms with Gasteiger partial charge in [-0.1, -0.05) is 54.6 Å². The van der Waals surface area contributed by atoms with Crippen LogP contribution in [-0.4, -0.2) is 23.9 Å². The molecule has 126 valence electrons. The molecule has 0 aliphatic rings. The summed E-state index contributed by atoms with van der Waals surface area (Å²) in [7, 11) is 2.60. The molecule has 6 heteroatoms. The smallest absolute Gasteiger partial charge is 0.240 e. The third-order valence-electron chi connectivity index (χ3n) is 3.71. The maximum atomic E-state index is 12.3. The van der Waals surface area contributed by atoms with Crippen LogP contribution in [0.15, 0.2) is 54.6 Å². The third kappa shape index (κ3) is 5.44. The number of carbonyl (C=O) groups is 2. The second-order valence-corrected chi connectivity index (χ2v) is 6.37. The van der Waals surface area contributed by atoms with Crippen molar-refractivity contribution in [3.63, 3.8) is 0 Å². The molecule has 3 atom stereocenters. The SMILES string of the molecule is NC(=O)[C@H](Cc1ccccc1)NC(=O)C(N)Cc1ccc(P)cc1. The van der Waals surface area contributed by atoms with Gasteiger partial charge in [0.2, 0.25) is 11.8 Å². The van der Waals surface area contributed by atoms with Crippen molar-refractivity contribution in [3.05, 3.63) is 65.7 Å². The van der Waals surface area contributed by atoms with Gasteiger partial charge in [-0.05, 0) is 22.9 Å². The molecular weight excluding hydrogens is 321 g/mol. The van der Waals surface area contributed by atoms with Crippen molar-refractivity contribution >= 4 is 26.4 Å². The van der Waals surface area contributed by atoms with Gasteiger partial charge in [0.15, 0.2) is 0 Å². The predicted octanol–water partition coefficient (Wildman–Crippen LogP) is 0.270. The van der Waals surface area contributed by atoms with E-state index in [0.29, 0.717) is 12.8 Å². The largest absolute Gasteiger partial charge is 0.368 e. The average Bonchev–Trinajstić information content (AvgIpc) is 2.57. The zero-order valence-corrected chi connectivity index (χ0v) is 14.5. The van der Waals surface area contributed by atoms with E-state index in [1.165, 1.54) is 0 Å². The molecule has 2 amide bonds. The first-order valence-corrected chi connectivity index (χ1v) is 8.27. The Bertz CT molecular complexity index is 689. The number of hydrogen-bond acceptors (Lipinski definition) is 3. The quantitative estimate of drug-likeness (QED) is 0.629. The van der Waals surface area contributed by atoms with Crippen molar-refractivity contribution in [2.24, 2.45) is 11.5 Å². The van der Waals surface area contributed by atoms with Gasteiger partial charge in [-0.3, -0.25) is 9.59 Å². The lowest BCUT2D eigenvalue weighted by Gasteiger charge is -2.19. The van der Waals surface area contributed by atoms with Crippen LogP contribution in [0, 0.1) is 0 Å². The minimum Gasteiger partial charge on any atom is -0.368 e. The summed E-state index contributed by atoms with van der Waals surface area (Å²) >= 11 is 0. The fourth-order valence-corrected chi connectivity index (χ4v) is 2.54. The molecule has 5 N–H and O–H groups in total. The number of carbonyl (C=O) groups excluding carboxylic acids is 2. The summed E-state index contributed by atoms with van der Waals surface area (Å²) in [4.78, 5) is 23.9.